The summed E-state index contributed by atoms with van der Waals surface area (Å²) in [5.74, 6) is 1.09. The first-order valence-electron chi connectivity index (χ1n) is 6.77. The topological polar surface area (TPSA) is 121 Å². The Morgan fingerprint density at radius 3 is 2.58 bits per heavy atom. The van der Waals surface area contributed by atoms with Crippen LogP contribution in [0.5, 0.6) is 17.2 Å². The number of ether oxygens (including phenoxy) is 3. The highest BCUT2D eigenvalue weighted by Gasteiger charge is 2.14. The van der Waals surface area contributed by atoms with Gasteiger partial charge >= 0.3 is 0 Å². The van der Waals surface area contributed by atoms with Crippen LogP contribution in [0, 0.1) is 0 Å². The van der Waals surface area contributed by atoms with Crippen molar-refractivity contribution < 1.29 is 19.0 Å². The van der Waals surface area contributed by atoms with Crippen LogP contribution in [0.25, 0.3) is 0 Å². The molecule has 0 saturated carbocycles. The van der Waals surface area contributed by atoms with Crippen LogP contribution in [-0.4, -0.2) is 43.6 Å². The highest BCUT2D eigenvalue weighted by Crippen LogP contribution is 2.38. The first-order chi connectivity index (χ1) is 11.6. The number of nitrogens with one attached hydrogen (secondary N) is 1. The molecule has 0 aliphatic carbocycles. The monoisotopic (exact) mass is 351 g/mol. The van der Waals surface area contributed by atoms with E-state index in [2.05, 4.69) is 20.7 Å². The molecule has 0 radical (unpaired) electrons. The van der Waals surface area contributed by atoms with E-state index in [9.17, 15) is 4.79 Å². The largest absolute Gasteiger partial charge is 0.493 e. The van der Waals surface area contributed by atoms with Crippen LogP contribution < -0.4 is 25.4 Å². The first-order valence-corrected chi connectivity index (χ1v) is 7.59. The van der Waals surface area contributed by atoms with Gasteiger partial charge in [-0.05, 0) is 12.1 Å². The maximum atomic E-state index is 11.8. The van der Waals surface area contributed by atoms with Gasteiger partial charge in [-0.2, -0.15) is 5.10 Å². The lowest BCUT2D eigenvalue weighted by atomic mass is 10.2. The van der Waals surface area contributed by atoms with Crippen molar-refractivity contribution in [3.63, 3.8) is 0 Å². The lowest BCUT2D eigenvalue weighted by Crippen LogP contribution is -2.19. The predicted octanol–water partition coefficient (Wildman–Crippen LogP) is 0.839. The van der Waals surface area contributed by atoms with E-state index in [0.717, 1.165) is 11.3 Å². The van der Waals surface area contributed by atoms with Crippen LogP contribution in [0.2, 0.25) is 0 Å². The van der Waals surface area contributed by atoms with E-state index in [1.54, 1.807) is 12.1 Å². The van der Waals surface area contributed by atoms with Crippen molar-refractivity contribution in [3.8, 4) is 17.2 Å². The van der Waals surface area contributed by atoms with Crippen molar-refractivity contribution >= 4 is 28.6 Å². The molecule has 128 valence electrons. The van der Waals surface area contributed by atoms with E-state index in [4.69, 9.17) is 19.9 Å². The number of hydrogen-bond donors (Lipinski definition) is 2. The molecule has 0 saturated heterocycles. The Morgan fingerprint density at radius 2 is 2.00 bits per heavy atom. The number of carbonyl (C=O) groups excluding carboxylic acids is 1. The van der Waals surface area contributed by atoms with Gasteiger partial charge in [0.2, 0.25) is 16.8 Å². The second kappa shape index (κ2) is 8.11. The first kappa shape index (κ1) is 17.5. The Labute approximate surface area is 142 Å². The molecule has 0 fully saturated rings. The van der Waals surface area contributed by atoms with Gasteiger partial charge in [-0.25, -0.2) is 5.43 Å². The number of nitrogens with two attached hydrogens (primary N) is 1. The third kappa shape index (κ3) is 4.10. The fraction of sp³-hybridized carbons (Fsp3) is 0.286. The van der Waals surface area contributed by atoms with E-state index in [1.165, 1.54) is 27.5 Å². The number of benzene rings is 1. The summed E-state index contributed by atoms with van der Waals surface area (Å²) in [4.78, 5) is 11.8. The van der Waals surface area contributed by atoms with Gasteiger partial charge in [0.05, 0.1) is 34.0 Å². The SMILES string of the molecule is COc1ccc(/C=N\NC(=O)Cc2nnc(N)s2)c(OC)c1OC. The molecule has 0 unspecified atom stereocenters. The summed E-state index contributed by atoms with van der Waals surface area (Å²) in [7, 11) is 4.55. The van der Waals surface area contributed by atoms with Crippen LogP contribution in [0.3, 0.4) is 0 Å². The molecule has 1 amide bonds. The van der Waals surface area contributed by atoms with Crippen LogP contribution in [-0.2, 0) is 11.2 Å². The Kier molecular flexibility index (Phi) is 5.90. The van der Waals surface area contributed by atoms with E-state index >= 15 is 0 Å². The average Bonchev–Trinajstić information content (AvgIpc) is 2.98. The van der Waals surface area contributed by atoms with Crippen LogP contribution in [0.15, 0.2) is 17.2 Å². The molecule has 0 aliphatic heterocycles. The van der Waals surface area contributed by atoms with Crippen molar-refractivity contribution in [1.82, 2.24) is 15.6 Å². The molecule has 0 spiro atoms. The number of anilines is 1. The van der Waals surface area contributed by atoms with Crippen LogP contribution >= 0.6 is 11.3 Å². The lowest BCUT2D eigenvalue weighted by Gasteiger charge is -2.13. The molecule has 9 nitrogen and oxygen atoms in total. The van der Waals surface area contributed by atoms with E-state index in [0.29, 0.717) is 33.0 Å². The highest BCUT2D eigenvalue weighted by molar-refractivity contribution is 7.15. The summed E-state index contributed by atoms with van der Waals surface area (Å²) >= 11 is 1.15. The van der Waals surface area contributed by atoms with Gasteiger partial charge in [0, 0.05) is 5.56 Å². The molecule has 2 rings (SSSR count). The highest BCUT2D eigenvalue weighted by atomic mass is 32.1. The molecule has 0 atom stereocenters. The molecule has 1 heterocycles. The fourth-order valence-electron chi connectivity index (χ4n) is 1.91. The van der Waals surface area contributed by atoms with E-state index in [1.807, 2.05) is 0 Å². The number of aromatic nitrogens is 2. The zero-order valence-corrected chi connectivity index (χ0v) is 14.2. The summed E-state index contributed by atoms with van der Waals surface area (Å²) in [6, 6.07) is 3.45. The Morgan fingerprint density at radius 1 is 1.25 bits per heavy atom. The normalized spacial score (nSPS) is 10.6. The number of nitrogen functional groups attached to an aromatic ring is 1. The van der Waals surface area contributed by atoms with Gasteiger partial charge in [-0.3, -0.25) is 4.79 Å². The molecule has 0 bridgehead atoms. The molecule has 2 aromatic rings. The predicted molar refractivity (Wildman–Crippen MR) is 89.9 cm³/mol. The quantitative estimate of drug-likeness (QED) is 0.560. The van der Waals surface area contributed by atoms with Gasteiger partial charge in [-0.15, -0.1) is 10.2 Å². The number of hydrazone groups is 1. The summed E-state index contributed by atoms with van der Waals surface area (Å²) in [5.41, 5.74) is 8.49. The molecule has 3 N–H and O–H groups in total. The van der Waals surface area contributed by atoms with Crippen molar-refractivity contribution in [2.24, 2.45) is 5.10 Å². The Bertz CT molecular complexity index is 747. The molecule has 0 aliphatic rings. The number of amides is 1. The summed E-state index contributed by atoms with van der Waals surface area (Å²) in [5, 5.41) is 12.2. The van der Waals surface area contributed by atoms with Gasteiger partial charge < -0.3 is 19.9 Å². The second-order valence-corrected chi connectivity index (χ2v) is 5.52. The van der Waals surface area contributed by atoms with Gasteiger partial charge in [0.25, 0.3) is 0 Å². The van der Waals surface area contributed by atoms with E-state index in [-0.39, 0.29) is 12.3 Å². The molecule has 24 heavy (non-hydrogen) atoms. The maximum Gasteiger partial charge on any atom is 0.247 e. The smallest absolute Gasteiger partial charge is 0.247 e. The number of carbonyl (C=O) groups is 1. The van der Waals surface area contributed by atoms with Crippen molar-refractivity contribution in [2.45, 2.75) is 6.42 Å². The number of nitrogens with zero attached hydrogens (tertiary/aromatic N) is 3. The summed E-state index contributed by atoms with van der Waals surface area (Å²) in [6.45, 7) is 0. The standard InChI is InChI=1S/C14H17N5O4S/c1-21-9-5-4-8(12(22-2)13(9)23-3)7-16-17-10(20)6-11-18-19-14(15)24-11/h4-5,7H,6H2,1-3H3,(H2,15,19)(H,17,20)/b16-7-. The molecule has 1 aromatic heterocycles. The van der Waals surface area contributed by atoms with Gasteiger partial charge in [-0.1, -0.05) is 11.3 Å². The average molecular weight is 351 g/mol. The molecular weight excluding hydrogens is 334 g/mol. The number of rotatable bonds is 7. The van der Waals surface area contributed by atoms with Crippen molar-refractivity contribution in [1.29, 1.82) is 0 Å². The number of methoxy groups -OCH3 is 3. The van der Waals surface area contributed by atoms with E-state index < -0.39 is 0 Å². The minimum absolute atomic E-state index is 0.0509. The Balaban J connectivity index is 2.07. The maximum absolute atomic E-state index is 11.8. The fourth-order valence-corrected chi connectivity index (χ4v) is 2.52. The minimum atomic E-state index is -0.332. The summed E-state index contributed by atoms with van der Waals surface area (Å²) < 4.78 is 15.8. The van der Waals surface area contributed by atoms with Gasteiger partial charge in [0.1, 0.15) is 5.01 Å². The van der Waals surface area contributed by atoms with Crippen molar-refractivity contribution in [2.75, 3.05) is 27.1 Å². The third-order valence-corrected chi connectivity index (χ3v) is 3.67. The second-order valence-electron chi connectivity index (χ2n) is 4.43. The van der Waals surface area contributed by atoms with Crippen LogP contribution in [0.4, 0.5) is 5.13 Å². The molecule has 10 heteroatoms. The lowest BCUT2D eigenvalue weighted by molar-refractivity contribution is -0.120. The molecular formula is C14H17N5O4S. The molecule has 1 aromatic carbocycles. The van der Waals surface area contributed by atoms with Gasteiger partial charge in [0.15, 0.2) is 11.5 Å². The minimum Gasteiger partial charge on any atom is -0.493 e. The zero-order chi connectivity index (χ0) is 17.5. The summed E-state index contributed by atoms with van der Waals surface area (Å²) in [6.07, 6.45) is 1.50. The van der Waals surface area contributed by atoms with Crippen molar-refractivity contribution in [3.05, 3.63) is 22.7 Å². The Hall–Kier alpha value is -2.88. The van der Waals surface area contributed by atoms with Crippen LogP contribution in [0.1, 0.15) is 10.6 Å². The zero-order valence-electron chi connectivity index (χ0n) is 13.4. The third-order valence-electron chi connectivity index (χ3n) is 2.92. The number of hydrogen-bond acceptors (Lipinski definition) is 9.